The molecule has 2 aromatic carbocycles. The third-order valence-corrected chi connectivity index (χ3v) is 5.10. The largest absolute Gasteiger partial charge is 0.516 e. The molecule has 0 spiro atoms. The molecule has 0 radical (unpaired) electrons. The lowest BCUT2D eigenvalue weighted by molar-refractivity contribution is -0.0429. The van der Waals surface area contributed by atoms with Crippen LogP contribution in [0.15, 0.2) is 58.3 Å². The molecule has 0 unspecified atom stereocenters. The van der Waals surface area contributed by atoms with E-state index in [9.17, 15) is 21.6 Å². The van der Waals surface area contributed by atoms with Crippen molar-refractivity contribution in [2.24, 2.45) is 0 Å². The van der Waals surface area contributed by atoms with Gasteiger partial charge in [0.1, 0.15) is 0 Å². The van der Waals surface area contributed by atoms with Crippen LogP contribution >= 0.6 is 11.8 Å². The van der Waals surface area contributed by atoms with Crippen LogP contribution in [0.5, 0.6) is 0 Å². The first-order valence-electron chi connectivity index (χ1n) is 6.12. The third kappa shape index (κ3) is 3.75. The highest BCUT2D eigenvalue weighted by atomic mass is 32.2. The van der Waals surface area contributed by atoms with Crippen LogP contribution in [0.25, 0.3) is 0 Å². The van der Waals surface area contributed by atoms with Gasteiger partial charge in [0.15, 0.2) is 0 Å². The predicted octanol–water partition coefficient (Wildman–Crippen LogP) is 4.41. The van der Waals surface area contributed by atoms with Crippen LogP contribution in [0.4, 0.5) is 18.9 Å². The number of para-hydroxylation sites is 1. The smallest absolute Gasteiger partial charge is 0.275 e. The molecular formula is C14H12F3NO2S2. The zero-order chi connectivity index (χ0) is 16.4. The summed E-state index contributed by atoms with van der Waals surface area (Å²) < 4.78 is 61.5. The van der Waals surface area contributed by atoms with Gasteiger partial charge in [-0.25, -0.2) is 0 Å². The topological polar surface area (TPSA) is 46.2 Å². The quantitative estimate of drug-likeness (QED) is 0.891. The number of aryl methyl sites for hydroxylation is 1. The average molecular weight is 347 g/mol. The highest BCUT2D eigenvalue weighted by Gasteiger charge is 2.46. The number of hydrogen-bond donors (Lipinski definition) is 1. The molecule has 0 aliphatic carbocycles. The van der Waals surface area contributed by atoms with E-state index in [1.54, 1.807) is 22.9 Å². The number of alkyl halides is 3. The van der Waals surface area contributed by atoms with E-state index in [0.717, 1.165) is 10.5 Å². The summed E-state index contributed by atoms with van der Waals surface area (Å²) in [6, 6.07) is 13.3. The molecule has 0 fully saturated rings. The van der Waals surface area contributed by atoms with Gasteiger partial charge in [0.05, 0.1) is 5.69 Å². The van der Waals surface area contributed by atoms with Crippen LogP contribution in [0.1, 0.15) is 5.56 Å². The molecule has 3 nitrogen and oxygen atoms in total. The van der Waals surface area contributed by atoms with Crippen molar-refractivity contribution in [3.8, 4) is 0 Å². The molecule has 8 heteroatoms. The van der Waals surface area contributed by atoms with Gasteiger partial charge in [0.2, 0.25) is 0 Å². The van der Waals surface area contributed by atoms with E-state index in [4.69, 9.17) is 0 Å². The van der Waals surface area contributed by atoms with E-state index in [-0.39, 0.29) is 5.69 Å². The van der Waals surface area contributed by atoms with Crippen molar-refractivity contribution in [1.29, 1.82) is 0 Å². The van der Waals surface area contributed by atoms with E-state index in [1.807, 2.05) is 25.1 Å². The molecule has 2 aromatic rings. The summed E-state index contributed by atoms with van der Waals surface area (Å²) >= 11 is 1.20. The van der Waals surface area contributed by atoms with E-state index in [1.165, 1.54) is 23.9 Å². The second-order valence-corrected chi connectivity index (χ2v) is 7.17. The molecular weight excluding hydrogens is 335 g/mol. The molecule has 0 aliphatic rings. The molecule has 0 saturated carbocycles. The summed E-state index contributed by atoms with van der Waals surface area (Å²) in [5, 5.41) is 0. The Balaban J connectivity index is 2.34. The SMILES string of the molecule is Cc1ccccc1Sc1ccccc1NS(=O)(=O)C(F)(F)F. The molecule has 0 amide bonds. The van der Waals surface area contributed by atoms with Crippen molar-refractivity contribution in [1.82, 2.24) is 0 Å². The lowest BCUT2D eigenvalue weighted by Gasteiger charge is -2.14. The summed E-state index contributed by atoms with van der Waals surface area (Å²) in [6.45, 7) is 1.87. The summed E-state index contributed by atoms with van der Waals surface area (Å²) in [5.41, 5.74) is -4.51. The van der Waals surface area contributed by atoms with E-state index < -0.39 is 15.5 Å². The van der Waals surface area contributed by atoms with Gasteiger partial charge in [-0.2, -0.15) is 21.6 Å². The maximum absolute atomic E-state index is 12.5. The number of benzene rings is 2. The Kier molecular flexibility index (Phi) is 4.72. The zero-order valence-electron chi connectivity index (χ0n) is 11.4. The van der Waals surface area contributed by atoms with Gasteiger partial charge < -0.3 is 0 Å². The first-order valence-corrected chi connectivity index (χ1v) is 8.42. The fraction of sp³-hybridized carbons (Fsp3) is 0.143. The van der Waals surface area contributed by atoms with Crippen LogP contribution in [0, 0.1) is 6.92 Å². The zero-order valence-corrected chi connectivity index (χ0v) is 13.0. The van der Waals surface area contributed by atoms with Crippen molar-refractivity contribution in [2.45, 2.75) is 22.2 Å². The van der Waals surface area contributed by atoms with Gasteiger partial charge in [0, 0.05) is 9.79 Å². The molecule has 0 aromatic heterocycles. The minimum absolute atomic E-state index is 0.104. The van der Waals surface area contributed by atoms with Gasteiger partial charge in [-0.1, -0.05) is 42.1 Å². The molecule has 2 rings (SSSR count). The second kappa shape index (κ2) is 6.21. The van der Waals surface area contributed by atoms with Gasteiger partial charge >= 0.3 is 15.5 Å². The van der Waals surface area contributed by atoms with Crippen LogP contribution in [-0.4, -0.2) is 13.9 Å². The Bertz CT molecular complexity index is 774. The molecule has 0 aliphatic heterocycles. The number of nitrogens with one attached hydrogen (secondary N) is 1. The molecule has 1 N–H and O–H groups in total. The molecule has 0 atom stereocenters. The fourth-order valence-electron chi connectivity index (χ4n) is 1.63. The summed E-state index contributed by atoms with van der Waals surface area (Å²) in [7, 11) is -5.44. The van der Waals surface area contributed by atoms with E-state index >= 15 is 0 Å². The number of sulfonamides is 1. The van der Waals surface area contributed by atoms with Gasteiger partial charge in [-0.3, -0.25) is 4.72 Å². The Morgan fingerprint density at radius 2 is 1.50 bits per heavy atom. The Morgan fingerprint density at radius 3 is 2.09 bits per heavy atom. The predicted molar refractivity (Wildman–Crippen MR) is 80.3 cm³/mol. The fourth-order valence-corrected chi connectivity index (χ4v) is 3.27. The molecule has 118 valence electrons. The van der Waals surface area contributed by atoms with Crippen molar-refractivity contribution in [2.75, 3.05) is 4.72 Å². The van der Waals surface area contributed by atoms with Crippen LogP contribution < -0.4 is 4.72 Å². The number of halogens is 3. The third-order valence-electron chi connectivity index (χ3n) is 2.75. The standard InChI is InChI=1S/C14H12F3NO2S2/c1-10-6-2-4-8-12(10)21-13-9-5-3-7-11(13)18-22(19,20)14(15,16)17/h2-9,18H,1H3. The van der Waals surface area contributed by atoms with Crippen LogP contribution in [0.3, 0.4) is 0 Å². The van der Waals surface area contributed by atoms with E-state index in [2.05, 4.69) is 0 Å². The number of rotatable bonds is 4. The number of anilines is 1. The monoisotopic (exact) mass is 347 g/mol. The van der Waals surface area contributed by atoms with Crippen molar-refractivity contribution >= 4 is 27.5 Å². The lowest BCUT2D eigenvalue weighted by Crippen LogP contribution is -2.30. The minimum Gasteiger partial charge on any atom is -0.275 e. The van der Waals surface area contributed by atoms with Crippen LogP contribution in [0.2, 0.25) is 0 Å². The molecule has 0 saturated heterocycles. The van der Waals surface area contributed by atoms with Crippen molar-refractivity contribution in [3.63, 3.8) is 0 Å². The normalized spacial score (nSPS) is 12.2. The first-order chi connectivity index (χ1) is 10.2. The van der Waals surface area contributed by atoms with Gasteiger partial charge in [-0.05, 0) is 30.7 Å². The van der Waals surface area contributed by atoms with E-state index in [0.29, 0.717) is 4.90 Å². The summed E-state index contributed by atoms with van der Waals surface area (Å²) in [5.74, 6) is 0. The summed E-state index contributed by atoms with van der Waals surface area (Å²) in [6.07, 6.45) is 0. The van der Waals surface area contributed by atoms with Crippen molar-refractivity contribution in [3.05, 3.63) is 54.1 Å². The summed E-state index contributed by atoms with van der Waals surface area (Å²) in [4.78, 5) is 1.23. The van der Waals surface area contributed by atoms with Crippen molar-refractivity contribution < 1.29 is 21.6 Å². The Morgan fingerprint density at radius 1 is 0.955 bits per heavy atom. The lowest BCUT2D eigenvalue weighted by atomic mass is 10.2. The molecule has 22 heavy (non-hydrogen) atoms. The highest BCUT2D eigenvalue weighted by molar-refractivity contribution is 7.99. The first kappa shape index (κ1) is 16.7. The second-order valence-electron chi connectivity index (χ2n) is 4.41. The van der Waals surface area contributed by atoms with Gasteiger partial charge in [0.25, 0.3) is 0 Å². The molecule has 0 heterocycles. The van der Waals surface area contributed by atoms with Crippen LogP contribution in [-0.2, 0) is 10.0 Å². The average Bonchev–Trinajstić information content (AvgIpc) is 2.42. The minimum atomic E-state index is -5.44. The maximum atomic E-state index is 12.5. The highest BCUT2D eigenvalue weighted by Crippen LogP contribution is 2.36. The number of hydrogen-bond acceptors (Lipinski definition) is 3. The molecule has 0 bridgehead atoms. The Labute approximate surface area is 130 Å². The maximum Gasteiger partial charge on any atom is 0.516 e. The van der Waals surface area contributed by atoms with Gasteiger partial charge in [-0.15, -0.1) is 0 Å². The Hall–Kier alpha value is -1.67.